The molecule has 0 aromatic heterocycles. The van der Waals surface area contributed by atoms with Gasteiger partial charge in [-0.1, -0.05) is 6.07 Å². The van der Waals surface area contributed by atoms with Crippen molar-refractivity contribution in [1.82, 2.24) is 5.32 Å². The number of methoxy groups -OCH3 is 2. The van der Waals surface area contributed by atoms with Crippen molar-refractivity contribution in [2.45, 2.75) is 25.9 Å². The maximum absolute atomic E-state index is 8.56. The number of nitrogens with one attached hydrogen (secondary N) is 1. The summed E-state index contributed by atoms with van der Waals surface area (Å²) in [6, 6.07) is 8.12. The van der Waals surface area contributed by atoms with Gasteiger partial charge in [0.05, 0.1) is 26.7 Å². The maximum atomic E-state index is 8.56. The van der Waals surface area contributed by atoms with Crippen LogP contribution >= 0.6 is 0 Å². The molecule has 0 heterocycles. The second-order valence-corrected chi connectivity index (χ2v) is 3.83. The van der Waals surface area contributed by atoms with Gasteiger partial charge in [0, 0.05) is 12.6 Å². The summed E-state index contributed by atoms with van der Waals surface area (Å²) in [7, 11) is 3.23. The lowest BCUT2D eigenvalue weighted by molar-refractivity contribution is 0.354. The van der Waals surface area contributed by atoms with Crippen LogP contribution in [0.4, 0.5) is 0 Å². The van der Waals surface area contributed by atoms with Crippen LogP contribution in [-0.4, -0.2) is 20.3 Å². The van der Waals surface area contributed by atoms with E-state index in [9.17, 15) is 0 Å². The number of hydrogen-bond donors (Lipinski definition) is 1. The third kappa shape index (κ3) is 3.97. The standard InChI is InChI=1S/C13H18N2O2/c1-10(6-7-14)15-9-11-4-5-12(16-2)13(8-11)17-3/h4-5,8,10,15H,6,9H2,1-3H3. The highest BCUT2D eigenvalue weighted by atomic mass is 16.5. The van der Waals surface area contributed by atoms with E-state index in [1.54, 1.807) is 14.2 Å². The van der Waals surface area contributed by atoms with Gasteiger partial charge in [0.1, 0.15) is 0 Å². The summed E-state index contributed by atoms with van der Waals surface area (Å²) in [5.74, 6) is 1.45. The topological polar surface area (TPSA) is 54.3 Å². The Labute approximate surface area is 102 Å². The Morgan fingerprint density at radius 1 is 1.29 bits per heavy atom. The summed E-state index contributed by atoms with van der Waals surface area (Å²) in [5, 5.41) is 11.8. The Morgan fingerprint density at radius 2 is 2.00 bits per heavy atom. The Hall–Kier alpha value is -1.73. The summed E-state index contributed by atoms with van der Waals surface area (Å²) < 4.78 is 10.4. The fourth-order valence-corrected chi connectivity index (χ4v) is 1.49. The van der Waals surface area contributed by atoms with Crippen molar-refractivity contribution in [3.63, 3.8) is 0 Å². The largest absolute Gasteiger partial charge is 0.493 e. The summed E-state index contributed by atoms with van der Waals surface area (Å²) >= 11 is 0. The van der Waals surface area contributed by atoms with E-state index in [1.165, 1.54) is 0 Å². The van der Waals surface area contributed by atoms with Crippen LogP contribution in [0.15, 0.2) is 18.2 Å². The predicted molar refractivity (Wildman–Crippen MR) is 66.1 cm³/mol. The molecule has 0 saturated carbocycles. The second-order valence-electron chi connectivity index (χ2n) is 3.83. The van der Waals surface area contributed by atoms with Crippen LogP contribution < -0.4 is 14.8 Å². The Kier molecular flexibility index (Phi) is 5.31. The molecule has 0 spiro atoms. The van der Waals surface area contributed by atoms with Gasteiger partial charge < -0.3 is 14.8 Å². The van der Waals surface area contributed by atoms with E-state index in [0.717, 1.165) is 17.1 Å². The van der Waals surface area contributed by atoms with Crippen molar-refractivity contribution in [3.8, 4) is 17.6 Å². The molecular weight excluding hydrogens is 216 g/mol. The fourth-order valence-electron chi connectivity index (χ4n) is 1.49. The van der Waals surface area contributed by atoms with Crippen LogP contribution in [0.25, 0.3) is 0 Å². The van der Waals surface area contributed by atoms with Gasteiger partial charge in [-0.3, -0.25) is 0 Å². The highest BCUT2D eigenvalue weighted by Gasteiger charge is 2.05. The van der Waals surface area contributed by atoms with Crippen LogP contribution in [0, 0.1) is 11.3 Å². The summed E-state index contributed by atoms with van der Waals surface area (Å²) in [5.41, 5.74) is 1.10. The lowest BCUT2D eigenvalue weighted by Crippen LogP contribution is -2.24. The van der Waals surface area contributed by atoms with Crippen molar-refractivity contribution in [1.29, 1.82) is 5.26 Å². The third-order valence-electron chi connectivity index (χ3n) is 2.50. The average molecular weight is 234 g/mol. The third-order valence-corrected chi connectivity index (χ3v) is 2.50. The van der Waals surface area contributed by atoms with Crippen LogP contribution in [0.2, 0.25) is 0 Å². The molecule has 1 aromatic carbocycles. The minimum absolute atomic E-state index is 0.188. The molecule has 0 radical (unpaired) electrons. The minimum atomic E-state index is 0.188. The zero-order valence-electron chi connectivity index (χ0n) is 10.5. The minimum Gasteiger partial charge on any atom is -0.493 e. The fraction of sp³-hybridized carbons (Fsp3) is 0.462. The lowest BCUT2D eigenvalue weighted by Gasteiger charge is -2.12. The maximum Gasteiger partial charge on any atom is 0.161 e. The monoisotopic (exact) mass is 234 g/mol. The van der Waals surface area contributed by atoms with Gasteiger partial charge in [-0.2, -0.15) is 5.26 Å². The molecule has 0 aliphatic carbocycles. The van der Waals surface area contributed by atoms with Gasteiger partial charge in [-0.05, 0) is 24.6 Å². The van der Waals surface area contributed by atoms with Gasteiger partial charge in [-0.15, -0.1) is 0 Å². The number of nitrogens with zero attached hydrogens (tertiary/aromatic N) is 1. The molecule has 0 aliphatic rings. The predicted octanol–water partition coefficient (Wildman–Crippen LogP) is 2.10. The average Bonchev–Trinajstić information content (AvgIpc) is 2.36. The zero-order valence-corrected chi connectivity index (χ0v) is 10.5. The van der Waals surface area contributed by atoms with Gasteiger partial charge in [0.2, 0.25) is 0 Å². The summed E-state index contributed by atoms with van der Waals surface area (Å²) in [4.78, 5) is 0. The molecule has 0 saturated heterocycles. The number of ether oxygens (including phenoxy) is 2. The molecule has 4 nitrogen and oxygen atoms in total. The second kappa shape index (κ2) is 6.77. The molecule has 0 aliphatic heterocycles. The first-order valence-corrected chi connectivity index (χ1v) is 5.52. The number of benzene rings is 1. The van der Waals surface area contributed by atoms with Crippen LogP contribution in [0.3, 0.4) is 0 Å². The summed E-state index contributed by atoms with van der Waals surface area (Å²) in [6.07, 6.45) is 0.507. The summed E-state index contributed by atoms with van der Waals surface area (Å²) in [6.45, 7) is 2.70. The van der Waals surface area contributed by atoms with E-state index >= 15 is 0 Å². The molecular formula is C13H18N2O2. The van der Waals surface area contributed by atoms with Gasteiger partial charge >= 0.3 is 0 Å². The first kappa shape index (κ1) is 13.3. The normalized spacial score (nSPS) is 11.6. The Morgan fingerprint density at radius 3 is 2.59 bits per heavy atom. The van der Waals surface area contributed by atoms with Crippen molar-refractivity contribution < 1.29 is 9.47 Å². The molecule has 0 fully saturated rings. The van der Waals surface area contributed by atoms with E-state index in [0.29, 0.717) is 13.0 Å². The highest BCUT2D eigenvalue weighted by molar-refractivity contribution is 5.42. The van der Waals surface area contributed by atoms with Gasteiger partial charge in [0.25, 0.3) is 0 Å². The van der Waals surface area contributed by atoms with E-state index in [1.807, 2.05) is 25.1 Å². The quantitative estimate of drug-likeness (QED) is 0.819. The van der Waals surface area contributed by atoms with Crippen molar-refractivity contribution in [2.24, 2.45) is 0 Å². The molecule has 1 N–H and O–H groups in total. The molecule has 1 atom stereocenters. The zero-order chi connectivity index (χ0) is 12.7. The Bertz CT molecular complexity index is 399. The molecule has 17 heavy (non-hydrogen) atoms. The molecule has 1 aromatic rings. The molecule has 4 heteroatoms. The van der Waals surface area contributed by atoms with Crippen molar-refractivity contribution in [3.05, 3.63) is 23.8 Å². The van der Waals surface area contributed by atoms with Crippen LogP contribution in [0.5, 0.6) is 11.5 Å². The number of rotatable bonds is 6. The highest BCUT2D eigenvalue weighted by Crippen LogP contribution is 2.27. The number of nitriles is 1. The van der Waals surface area contributed by atoms with Crippen molar-refractivity contribution in [2.75, 3.05) is 14.2 Å². The first-order chi connectivity index (χ1) is 8.21. The van der Waals surface area contributed by atoms with E-state index < -0.39 is 0 Å². The molecule has 1 unspecified atom stereocenters. The van der Waals surface area contributed by atoms with Gasteiger partial charge in [0.15, 0.2) is 11.5 Å². The van der Waals surface area contributed by atoms with Crippen LogP contribution in [-0.2, 0) is 6.54 Å². The number of hydrogen-bond acceptors (Lipinski definition) is 4. The molecule has 1 rings (SSSR count). The Balaban J connectivity index is 2.63. The molecule has 0 amide bonds. The van der Waals surface area contributed by atoms with Crippen molar-refractivity contribution >= 4 is 0 Å². The van der Waals surface area contributed by atoms with Crippen LogP contribution in [0.1, 0.15) is 18.9 Å². The lowest BCUT2D eigenvalue weighted by atomic mass is 10.1. The van der Waals surface area contributed by atoms with E-state index in [4.69, 9.17) is 14.7 Å². The molecule has 92 valence electrons. The van der Waals surface area contributed by atoms with E-state index in [-0.39, 0.29) is 6.04 Å². The van der Waals surface area contributed by atoms with Gasteiger partial charge in [-0.25, -0.2) is 0 Å². The van der Waals surface area contributed by atoms with E-state index in [2.05, 4.69) is 11.4 Å². The first-order valence-electron chi connectivity index (χ1n) is 5.52. The molecule has 0 bridgehead atoms. The SMILES string of the molecule is COc1ccc(CNC(C)CC#N)cc1OC. The smallest absolute Gasteiger partial charge is 0.161 e.